The number of hydrogen-bond donors (Lipinski definition) is 1. The van der Waals surface area contributed by atoms with Crippen molar-refractivity contribution in [2.24, 2.45) is 0 Å². The van der Waals surface area contributed by atoms with E-state index in [1.54, 1.807) is 30.6 Å². The maximum atomic E-state index is 12.7. The van der Waals surface area contributed by atoms with Gasteiger partial charge in [-0.3, -0.25) is 19.2 Å². The number of carbonyl (C=O) groups is 4. The molecule has 0 radical (unpaired) electrons. The minimum Gasteiger partial charge on any atom is -0.380 e. The molecule has 1 saturated heterocycles. The number of hydrogen-bond acceptors (Lipinski definition) is 5. The van der Waals surface area contributed by atoms with Gasteiger partial charge in [0.25, 0.3) is 5.91 Å². The SMILES string of the molecule is CC(=O)N1CCN(C(=O)[C@](C)(O)CCC2=C(C)C(=O)C(C)=C(C)C2=O)CC1. The van der Waals surface area contributed by atoms with Crippen LogP contribution < -0.4 is 0 Å². The summed E-state index contributed by atoms with van der Waals surface area (Å²) in [5, 5.41) is 10.7. The first-order chi connectivity index (χ1) is 12.5. The molecule has 2 amide bonds. The van der Waals surface area contributed by atoms with Crippen LogP contribution in [0.2, 0.25) is 0 Å². The van der Waals surface area contributed by atoms with Gasteiger partial charge in [-0.1, -0.05) is 0 Å². The molecule has 1 fully saturated rings. The standard InChI is InChI=1S/C20H28N2O5/c1-12-13(2)18(25)16(14(3)17(12)24)6-7-20(5,27)19(26)22-10-8-21(9-11-22)15(4)23/h27H,6-11H2,1-5H3/t20-/m1/s1. The van der Waals surface area contributed by atoms with E-state index in [1.165, 1.54) is 13.8 Å². The predicted molar refractivity (Wildman–Crippen MR) is 99.8 cm³/mol. The van der Waals surface area contributed by atoms with Gasteiger partial charge in [0.05, 0.1) is 0 Å². The molecule has 7 nitrogen and oxygen atoms in total. The van der Waals surface area contributed by atoms with E-state index in [2.05, 4.69) is 0 Å². The number of carbonyl (C=O) groups excluding carboxylic acids is 4. The predicted octanol–water partition coefficient (Wildman–Crippen LogP) is 1.01. The molecule has 0 unspecified atom stereocenters. The Labute approximate surface area is 159 Å². The quantitative estimate of drug-likeness (QED) is 0.739. The lowest BCUT2D eigenvalue weighted by Crippen LogP contribution is -2.55. The Morgan fingerprint density at radius 2 is 1.41 bits per heavy atom. The molecule has 0 aromatic rings. The topological polar surface area (TPSA) is 95.0 Å². The lowest BCUT2D eigenvalue weighted by molar-refractivity contribution is -0.153. The van der Waals surface area contributed by atoms with Crippen molar-refractivity contribution >= 4 is 23.4 Å². The Bertz CT molecular complexity index is 752. The summed E-state index contributed by atoms with van der Waals surface area (Å²) in [6, 6.07) is 0. The number of aliphatic hydroxyl groups is 1. The number of rotatable bonds is 4. The van der Waals surface area contributed by atoms with Crippen LogP contribution in [0.3, 0.4) is 0 Å². The van der Waals surface area contributed by atoms with Crippen molar-refractivity contribution in [2.45, 2.75) is 53.1 Å². The molecule has 2 rings (SSSR count). The van der Waals surface area contributed by atoms with Gasteiger partial charge in [0, 0.05) is 55.4 Å². The zero-order chi connectivity index (χ0) is 20.5. The van der Waals surface area contributed by atoms with Crippen LogP contribution in [0.5, 0.6) is 0 Å². The molecule has 0 aromatic heterocycles. The van der Waals surface area contributed by atoms with Crippen LogP contribution in [0.25, 0.3) is 0 Å². The first-order valence-electron chi connectivity index (χ1n) is 9.21. The molecular formula is C20H28N2O5. The molecule has 1 atom stereocenters. The summed E-state index contributed by atoms with van der Waals surface area (Å²) in [5.74, 6) is -0.797. The maximum Gasteiger partial charge on any atom is 0.254 e. The number of nitrogens with zero attached hydrogens (tertiary/aromatic N) is 2. The van der Waals surface area contributed by atoms with Gasteiger partial charge in [-0.2, -0.15) is 0 Å². The van der Waals surface area contributed by atoms with E-state index in [0.717, 1.165) is 0 Å². The fourth-order valence-corrected chi connectivity index (χ4v) is 3.50. The van der Waals surface area contributed by atoms with Crippen LogP contribution in [0.4, 0.5) is 0 Å². The average Bonchev–Trinajstić information content (AvgIpc) is 2.64. The molecule has 1 heterocycles. The summed E-state index contributed by atoms with van der Waals surface area (Å²) in [5.41, 5.74) is -0.00241. The summed E-state index contributed by atoms with van der Waals surface area (Å²) >= 11 is 0. The van der Waals surface area contributed by atoms with Crippen LogP contribution in [0.1, 0.15) is 47.5 Å². The maximum absolute atomic E-state index is 12.7. The van der Waals surface area contributed by atoms with E-state index in [9.17, 15) is 24.3 Å². The highest BCUT2D eigenvalue weighted by Crippen LogP contribution is 2.29. The average molecular weight is 376 g/mol. The van der Waals surface area contributed by atoms with Crippen LogP contribution in [-0.4, -0.2) is 70.1 Å². The second-order valence-electron chi connectivity index (χ2n) is 7.58. The molecule has 1 aliphatic carbocycles. The van der Waals surface area contributed by atoms with E-state index in [1.807, 2.05) is 0 Å². The molecule has 0 bridgehead atoms. The molecule has 1 N–H and O–H groups in total. The Morgan fingerprint density at radius 1 is 0.926 bits per heavy atom. The normalized spacial score (nSPS) is 21.0. The molecule has 27 heavy (non-hydrogen) atoms. The number of ketones is 2. The minimum absolute atomic E-state index is 0.0320. The fraction of sp³-hybridized carbons (Fsp3) is 0.600. The van der Waals surface area contributed by atoms with Gasteiger partial charge < -0.3 is 14.9 Å². The highest BCUT2D eigenvalue weighted by atomic mass is 16.3. The highest BCUT2D eigenvalue weighted by Gasteiger charge is 2.37. The van der Waals surface area contributed by atoms with Gasteiger partial charge >= 0.3 is 0 Å². The molecular weight excluding hydrogens is 348 g/mol. The van der Waals surface area contributed by atoms with Gasteiger partial charge in [-0.05, 0) is 40.5 Å². The Hall–Kier alpha value is -2.28. The third kappa shape index (κ3) is 4.18. The number of allylic oxidation sites excluding steroid dienone is 4. The largest absolute Gasteiger partial charge is 0.380 e. The third-order valence-electron chi connectivity index (χ3n) is 5.65. The van der Waals surface area contributed by atoms with Gasteiger partial charge in [-0.25, -0.2) is 0 Å². The third-order valence-corrected chi connectivity index (χ3v) is 5.65. The van der Waals surface area contributed by atoms with Crippen LogP contribution >= 0.6 is 0 Å². The first-order valence-corrected chi connectivity index (χ1v) is 9.21. The molecule has 7 heteroatoms. The van der Waals surface area contributed by atoms with Crippen molar-refractivity contribution in [3.8, 4) is 0 Å². The zero-order valence-electron chi connectivity index (χ0n) is 16.7. The monoisotopic (exact) mass is 376 g/mol. The minimum atomic E-state index is -1.64. The Morgan fingerprint density at radius 3 is 1.93 bits per heavy atom. The van der Waals surface area contributed by atoms with Crippen LogP contribution in [0.15, 0.2) is 22.3 Å². The van der Waals surface area contributed by atoms with E-state index in [4.69, 9.17) is 0 Å². The zero-order valence-corrected chi connectivity index (χ0v) is 16.7. The second-order valence-corrected chi connectivity index (χ2v) is 7.58. The van der Waals surface area contributed by atoms with Crippen molar-refractivity contribution in [3.05, 3.63) is 22.3 Å². The molecule has 0 saturated carbocycles. The van der Waals surface area contributed by atoms with Crippen molar-refractivity contribution in [1.29, 1.82) is 0 Å². The molecule has 0 spiro atoms. The van der Waals surface area contributed by atoms with E-state index in [0.29, 0.717) is 48.5 Å². The molecule has 0 aromatic carbocycles. The Balaban J connectivity index is 2.04. The van der Waals surface area contributed by atoms with Gasteiger partial charge in [0.15, 0.2) is 11.6 Å². The van der Waals surface area contributed by atoms with Crippen molar-refractivity contribution in [1.82, 2.24) is 9.80 Å². The summed E-state index contributed by atoms with van der Waals surface area (Å²) in [7, 11) is 0. The number of Topliss-reactive ketones (excluding diaryl/α,β-unsaturated/α-hetero) is 2. The second kappa shape index (κ2) is 7.76. The van der Waals surface area contributed by atoms with Crippen LogP contribution in [0, 0.1) is 0 Å². The molecule has 2 aliphatic rings. The number of piperazine rings is 1. The smallest absolute Gasteiger partial charge is 0.254 e. The van der Waals surface area contributed by atoms with Crippen molar-refractivity contribution in [3.63, 3.8) is 0 Å². The van der Waals surface area contributed by atoms with Gasteiger partial charge in [-0.15, -0.1) is 0 Å². The first kappa shape index (κ1) is 21.0. The van der Waals surface area contributed by atoms with Crippen LogP contribution in [-0.2, 0) is 19.2 Å². The lowest BCUT2D eigenvalue weighted by atomic mass is 9.82. The van der Waals surface area contributed by atoms with E-state index >= 15 is 0 Å². The summed E-state index contributed by atoms with van der Waals surface area (Å²) < 4.78 is 0. The lowest BCUT2D eigenvalue weighted by Gasteiger charge is -2.37. The fourth-order valence-electron chi connectivity index (χ4n) is 3.50. The highest BCUT2D eigenvalue weighted by molar-refractivity contribution is 6.24. The van der Waals surface area contributed by atoms with Gasteiger partial charge in [0.1, 0.15) is 5.60 Å². The van der Waals surface area contributed by atoms with Crippen molar-refractivity contribution in [2.75, 3.05) is 26.2 Å². The number of amides is 2. The van der Waals surface area contributed by atoms with E-state index < -0.39 is 11.5 Å². The summed E-state index contributed by atoms with van der Waals surface area (Å²) in [4.78, 5) is 52.1. The summed E-state index contributed by atoms with van der Waals surface area (Å²) in [6.45, 7) is 9.42. The molecule has 148 valence electrons. The Kier molecular flexibility index (Phi) is 6.04. The van der Waals surface area contributed by atoms with Crippen molar-refractivity contribution < 1.29 is 24.3 Å². The molecule has 1 aliphatic heterocycles. The van der Waals surface area contributed by atoms with Gasteiger partial charge in [0.2, 0.25) is 5.91 Å². The summed E-state index contributed by atoms with van der Waals surface area (Å²) in [6.07, 6.45) is 0.212. The van der Waals surface area contributed by atoms with E-state index in [-0.39, 0.29) is 30.3 Å².